The molecule has 13 heteroatoms. The Bertz CT molecular complexity index is 1730. The fourth-order valence-corrected chi connectivity index (χ4v) is 5.93. The number of rotatable bonds is 8. The number of nitrogens with zero attached hydrogens (tertiary/aromatic N) is 3. The molecule has 3 aromatic rings. The van der Waals surface area contributed by atoms with Gasteiger partial charge in [0.25, 0.3) is 11.5 Å². The van der Waals surface area contributed by atoms with Crippen molar-refractivity contribution < 1.29 is 31.1 Å². The van der Waals surface area contributed by atoms with Gasteiger partial charge in [0.05, 0.1) is 34.9 Å². The van der Waals surface area contributed by atoms with Gasteiger partial charge in [-0.25, -0.2) is 31.6 Å². The number of hydrogen-bond donors (Lipinski definition) is 1. The maximum atomic E-state index is 15.5. The summed E-state index contributed by atoms with van der Waals surface area (Å²) in [5, 5.41) is 3.46. The molecule has 4 rings (SSSR count). The molecule has 0 spiro atoms. The number of anilines is 1. The van der Waals surface area contributed by atoms with Crippen LogP contribution in [0.1, 0.15) is 69.7 Å². The number of fused-ring (bicyclic) bond motifs is 1. The highest BCUT2D eigenvalue weighted by molar-refractivity contribution is 7.91. The molecule has 1 aromatic carbocycles. The molecule has 0 saturated heterocycles. The van der Waals surface area contributed by atoms with Gasteiger partial charge in [0.2, 0.25) is 0 Å². The quantitative estimate of drug-likeness (QED) is 0.354. The fraction of sp³-hybridized carbons (Fsp3) is 0.448. The molecule has 1 N–H and O–H groups in total. The van der Waals surface area contributed by atoms with Crippen LogP contribution < -0.4 is 10.9 Å². The molecule has 0 amide bonds. The summed E-state index contributed by atoms with van der Waals surface area (Å²) < 4.78 is 75.9. The van der Waals surface area contributed by atoms with E-state index in [1.165, 1.54) is 36.2 Å². The van der Waals surface area contributed by atoms with Crippen LogP contribution in [0.4, 0.5) is 19.0 Å². The van der Waals surface area contributed by atoms with Gasteiger partial charge in [-0.2, -0.15) is 0 Å². The van der Waals surface area contributed by atoms with Crippen molar-refractivity contribution >= 4 is 38.2 Å². The highest BCUT2D eigenvalue weighted by Crippen LogP contribution is 2.37. The number of sulfone groups is 1. The Morgan fingerprint density at radius 2 is 1.93 bits per heavy atom. The lowest BCUT2D eigenvalue weighted by Gasteiger charge is -2.23. The van der Waals surface area contributed by atoms with Gasteiger partial charge in [-0.15, -0.1) is 0 Å². The minimum Gasteiger partial charge on any atom is -0.460 e. The van der Waals surface area contributed by atoms with Gasteiger partial charge in [0.15, 0.2) is 9.84 Å². The molecule has 226 valence electrons. The number of hydrogen-bond acceptors (Lipinski definition) is 8. The number of aromatic nitrogens is 3. The summed E-state index contributed by atoms with van der Waals surface area (Å²) in [6.45, 7) is 6.46. The summed E-state index contributed by atoms with van der Waals surface area (Å²) in [6.07, 6.45) is 1.41. The first-order chi connectivity index (χ1) is 19.5. The number of halogens is 3. The van der Waals surface area contributed by atoms with Gasteiger partial charge >= 0.3 is 5.97 Å². The molecule has 1 atom stereocenters. The number of pyridine rings is 1. The molecule has 0 fully saturated rings. The Kier molecular flexibility index (Phi) is 8.55. The van der Waals surface area contributed by atoms with Crippen LogP contribution >= 0.6 is 0 Å². The zero-order chi connectivity index (χ0) is 31.0. The zero-order valence-corrected chi connectivity index (χ0v) is 24.8. The SMILES string of the molecule is C[C@@H](Nc1ncnc2c1cc(C1=CCS(=O)(=O)CC1)c(=O)n2C)c1cccc(C(F)(F)CCC(=O)OC(C)(C)C)c1F. The minimum absolute atomic E-state index is 0.0542. The number of allylic oxidation sites excluding steroid dienone is 1. The van der Waals surface area contributed by atoms with Crippen LogP contribution in [0.2, 0.25) is 0 Å². The molecule has 42 heavy (non-hydrogen) atoms. The van der Waals surface area contributed by atoms with Crippen molar-refractivity contribution in [3.63, 3.8) is 0 Å². The molecule has 0 radical (unpaired) electrons. The number of benzene rings is 1. The predicted molar refractivity (Wildman–Crippen MR) is 153 cm³/mol. The zero-order valence-electron chi connectivity index (χ0n) is 24.0. The van der Waals surface area contributed by atoms with Crippen molar-refractivity contribution in [2.24, 2.45) is 7.05 Å². The molecule has 0 unspecified atom stereocenters. The van der Waals surface area contributed by atoms with Crippen LogP contribution in [0, 0.1) is 5.82 Å². The number of alkyl halides is 2. The Morgan fingerprint density at radius 1 is 1.21 bits per heavy atom. The van der Waals surface area contributed by atoms with E-state index in [9.17, 15) is 18.0 Å². The summed E-state index contributed by atoms with van der Waals surface area (Å²) in [7, 11) is -1.69. The summed E-state index contributed by atoms with van der Waals surface area (Å²) in [5.74, 6) is -5.57. The smallest absolute Gasteiger partial charge is 0.306 e. The third-order valence-electron chi connectivity index (χ3n) is 6.92. The molecule has 3 heterocycles. The van der Waals surface area contributed by atoms with Crippen LogP contribution in [0.5, 0.6) is 0 Å². The van der Waals surface area contributed by atoms with Crippen molar-refractivity contribution in [2.75, 3.05) is 16.8 Å². The lowest BCUT2D eigenvalue weighted by Crippen LogP contribution is -2.26. The minimum atomic E-state index is -3.63. The Balaban J connectivity index is 1.64. The monoisotopic (exact) mass is 606 g/mol. The van der Waals surface area contributed by atoms with Crippen molar-refractivity contribution in [3.05, 3.63) is 69.5 Å². The van der Waals surface area contributed by atoms with Gasteiger partial charge in [0, 0.05) is 24.6 Å². The predicted octanol–water partition coefficient (Wildman–Crippen LogP) is 5.06. The van der Waals surface area contributed by atoms with Crippen LogP contribution in [0.3, 0.4) is 0 Å². The molecular formula is C29H33F3N4O5S. The Labute approximate surface area is 241 Å². The largest absolute Gasteiger partial charge is 0.460 e. The first kappa shape index (κ1) is 31.2. The van der Waals surface area contributed by atoms with Crippen molar-refractivity contribution in [1.82, 2.24) is 14.5 Å². The summed E-state index contributed by atoms with van der Waals surface area (Å²) in [5.41, 5.74) is -0.926. The van der Waals surface area contributed by atoms with Gasteiger partial charge < -0.3 is 10.1 Å². The number of carbonyl (C=O) groups excluding carboxylic acids is 1. The van der Waals surface area contributed by atoms with Gasteiger partial charge in [0.1, 0.15) is 29.2 Å². The Morgan fingerprint density at radius 3 is 2.57 bits per heavy atom. The number of carbonyl (C=O) groups is 1. The summed E-state index contributed by atoms with van der Waals surface area (Å²) in [6, 6.07) is 4.40. The Hall–Kier alpha value is -3.74. The lowest BCUT2D eigenvalue weighted by molar-refractivity contribution is -0.157. The molecular weight excluding hydrogens is 573 g/mol. The molecule has 0 bridgehead atoms. The first-order valence-electron chi connectivity index (χ1n) is 13.4. The summed E-state index contributed by atoms with van der Waals surface area (Å²) in [4.78, 5) is 33.5. The van der Waals surface area contributed by atoms with E-state index in [-0.39, 0.29) is 40.5 Å². The van der Waals surface area contributed by atoms with E-state index in [0.717, 1.165) is 6.07 Å². The van der Waals surface area contributed by atoms with Crippen LogP contribution in [0.25, 0.3) is 16.6 Å². The lowest BCUT2D eigenvalue weighted by atomic mass is 9.97. The first-order valence-corrected chi connectivity index (χ1v) is 15.2. The third kappa shape index (κ3) is 6.83. The van der Waals surface area contributed by atoms with Crippen LogP contribution in [-0.4, -0.2) is 46.0 Å². The van der Waals surface area contributed by atoms with E-state index < -0.39 is 57.6 Å². The van der Waals surface area contributed by atoms with E-state index in [2.05, 4.69) is 15.3 Å². The number of ether oxygens (including phenoxy) is 1. The number of esters is 1. The second kappa shape index (κ2) is 11.5. The second-order valence-electron chi connectivity index (χ2n) is 11.3. The number of aryl methyl sites for hydroxylation is 1. The molecule has 0 aliphatic carbocycles. The van der Waals surface area contributed by atoms with E-state index in [1.807, 2.05) is 0 Å². The topological polar surface area (TPSA) is 120 Å². The van der Waals surface area contributed by atoms with E-state index in [1.54, 1.807) is 33.8 Å². The highest BCUT2D eigenvalue weighted by atomic mass is 32.2. The second-order valence-corrected chi connectivity index (χ2v) is 13.6. The standard InChI is InChI=1S/C29H33F3N4O5S/c1-17(19-7-6-8-22(24(19)30)29(31,32)12-9-23(37)41-28(2,3)4)35-25-21-15-20(18-10-13-42(39,40)14-11-18)27(38)36(5)26(21)34-16-33-25/h6-8,10,15-17H,9,11-14H2,1-5H3,(H,33,34,35)/t17-/m1/s1. The fourth-order valence-electron chi connectivity index (χ4n) is 4.77. The molecule has 2 aromatic heterocycles. The third-order valence-corrected chi connectivity index (χ3v) is 8.42. The van der Waals surface area contributed by atoms with E-state index >= 15 is 13.2 Å². The highest BCUT2D eigenvalue weighted by Gasteiger charge is 2.37. The van der Waals surface area contributed by atoms with Gasteiger partial charge in [-0.3, -0.25) is 14.2 Å². The van der Waals surface area contributed by atoms with Gasteiger partial charge in [-0.05, 0) is 45.8 Å². The molecule has 1 aliphatic rings. The molecule has 0 saturated carbocycles. The van der Waals surface area contributed by atoms with Crippen LogP contribution in [-0.2, 0) is 32.3 Å². The maximum absolute atomic E-state index is 15.5. The number of nitrogens with one attached hydrogen (secondary N) is 1. The average Bonchev–Trinajstić information content (AvgIpc) is 2.89. The normalized spacial score (nSPS) is 16.1. The van der Waals surface area contributed by atoms with E-state index in [0.29, 0.717) is 16.5 Å². The maximum Gasteiger partial charge on any atom is 0.306 e. The molecule has 1 aliphatic heterocycles. The molecule has 9 nitrogen and oxygen atoms in total. The van der Waals surface area contributed by atoms with Crippen molar-refractivity contribution in [2.45, 2.75) is 64.5 Å². The average molecular weight is 607 g/mol. The van der Waals surface area contributed by atoms with Crippen LogP contribution in [0.15, 0.2) is 41.5 Å². The van der Waals surface area contributed by atoms with Gasteiger partial charge in [-0.1, -0.05) is 24.3 Å². The van der Waals surface area contributed by atoms with Crippen molar-refractivity contribution in [3.8, 4) is 0 Å². The summed E-state index contributed by atoms with van der Waals surface area (Å²) >= 11 is 0. The van der Waals surface area contributed by atoms with E-state index in [4.69, 9.17) is 4.74 Å². The van der Waals surface area contributed by atoms with Crippen molar-refractivity contribution in [1.29, 1.82) is 0 Å².